The van der Waals surface area contributed by atoms with Gasteiger partial charge in [-0.1, -0.05) is 0 Å². The molecule has 7 nitrogen and oxygen atoms in total. The van der Waals surface area contributed by atoms with Crippen molar-refractivity contribution in [1.29, 1.82) is 0 Å². The number of amides is 1. The first kappa shape index (κ1) is 23.7. The molecule has 0 bridgehead atoms. The molecule has 1 aromatic carbocycles. The van der Waals surface area contributed by atoms with Gasteiger partial charge in [-0.15, -0.1) is 0 Å². The highest BCUT2D eigenvalue weighted by atomic mass is 19.4. The molecule has 1 atom stereocenters. The summed E-state index contributed by atoms with van der Waals surface area (Å²) in [6.45, 7) is 0.317. The number of carboxylic acids is 1. The van der Waals surface area contributed by atoms with Crippen molar-refractivity contribution in [1.82, 2.24) is 4.90 Å². The van der Waals surface area contributed by atoms with Gasteiger partial charge in [0.2, 0.25) is 5.91 Å². The average molecular weight is 387 g/mol. The Labute approximate surface area is 145 Å². The number of aliphatic hydroxyl groups excluding tert-OH is 1. The fourth-order valence-corrected chi connectivity index (χ4v) is 1.57. The Kier molecular flexibility index (Phi) is 9.69. The predicted molar refractivity (Wildman–Crippen MR) is 81.2 cm³/mol. The summed E-state index contributed by atoms with van der Waals surface area (Å²) in [6, 6.07) is 2.77. The van der Waals surface area contributed by atoms with E-state index in [9.17, 15) is 31.9 Å². The number of aliphatic hydroxyl groups is 1. The van der Waals surface area contributed by atoms with Gasteiger partial charge in [0.05, 0.1) is 12.6 Å². The van der Waals surface area contributed by atoms with Crippen LogP contribution in [-0.4, -0.2) is 66.0 Å². The zero-order chi connectivity index (χ0) is 20.5. The van der Waals surface area contributed by atoms with Crippen LogP contribution in [0, 0.1) is 11.6 Å². The normalized spacial score (nSPS) is 12.2. The van der Waals surface area contributed by atoms with E-state index in [4.69, 9.17) is 15.6 Å². The molecule has 0 fully saturated rings. The van der Waals surface area contributed by atoms with Crippen LogP contribution in [0.1, 0.15) is 0 Å². The number of carbonyl (C=O) groups is 2. The molecule has 0 aliphatic heterocycles. The smallest absolute Gasteiger partial charge is 0.475 e. The van der Waals surface area contributed by atoms with Crippen LogP contribution in [0.2, 0.25) is 0 Å². The second kappa shape index (κ2) is 10.6. The Morgan fingerprint density at radius 2 is 1.69 bits per heavy atom. The molecule has 0 saturated heterocycles. The van der Waals surface area contributed by atoms with Gasteiger partial charge in [0.15, 0.2) is 0 Å². The SMILES string of the molecule is CN(CC(=O)Nc1cc(F)cc(F)c1)CC(O)CN.O=C(O)C(F)(F)F. The Morgan fingerprint density at radius 1 is 1.23 bits per heavy atom. The molecule has 12 heteroatoms. The Morgan fingerprint density at radius 3 is 2.08 bits per heavy atom. The van der Waals surface area contributed by atoms with E-state index in [1.54, 1.807) is 11.9 Å². The highest BCUT2D eigenvalue weighted by Crippen LogP contribution is 2.13. The number of likely N-dealkylation sites (N-methyl/N-ethyl adjacent to an activating group) is 1. The lowest BCUT2D eigenvalue weighted by atomic mass is 10.3. The maximum atomic E-state index is 12.9. The fraction of sp³-hybridized carbons (Fsp3) is 0.429. The number of hydrogen-bond donors (Lipinski definition) is 4. The summed E-state index contributed by atoms with van der Waals surface area (Å²) in [7, 11) is 1.63. The van der Waals surface area contributed by atoms with Gasteiger partial charge in [0.25, 0.3) is 0 Å². The van der Waals surface area contributed by atoms with Crippen LogP contribution in [-0.2, 0) is 9.59 Å². The van der Waals surface area contributed by atoms with Gasteiger partial charge in [-0.3, -0.25) is 9.69 Å². The van der Waals surface area contributed by atoms with Crippen molar-refractivity contribution in [2.45, 2.75) is 12.3 Å². The van der Waals surface area contributed by atoms with Crippen molar-refractivity contribution >= 4 is 17.6 Å². The number of anilines is 1. The molecule has 5 N–H and O–H groups in total. The summed E-state index contributed by atoms with van der Waals surface area (Å²) < 4.78 is 57.6. The van der Waals surface area contributed by atoms with E-state index in [-0.39, 0.29) is 25.3 Å². The van der Waals surface area contributed by atoms with Crippen LogP contribution in [0.3, 0.4) is 0 Å². The van der Waals surface area contributed by atoms with Crippen LogP contribution >= 0.6 is 0 Å². The van der Waals surface area contributed by atoms with Crippen LogP contribution in [0.5, 0.6) is 0 Å². The first-order valence-corrected chi connectivity index (χ1v) is 6.97. The topological polar surface area (TPSA) is 116 Å². The summed E-state index contributed by atoms with van der Waals surface area (Å²) >= 11 is 0. The quantitative estimate of drug-likeness (QED) is 0.537. The lowest BCUT2D eigenvalue weighted by Crippen LogP contribution is -2.38. The molecule has 1 rings (SSSR count). The molecule has 0 saturated carbocycles. The number of carboxylic acid groups (broad SMARTS) is 1. The third kappa shape index (κ3) is 10.5. The average Bonchev–Trinajstić information content (AvgIpc) is 2.44. The number of rotatable bonds is 6. The molecule has 0 radical (unpaired) electrons. The molecule has 1 unspecified atom stereocenters. The molecule has 0 spiro atoms. The van der Waals surface area contributed by atoms with E-state index in [1.807, 2.05) is 0 Å². The van der Waals surface area contributed by atoms with E-state index in [0.29, 0.717) is 0 Å². The van der Waals surface area contributed by atoms with Crippen molar-refractivity contribution in [3.8, 4) is 0 Å². The van der Waals surface area contributed by atoms with E-state index in [2.05, 4.69) is 5.32 Å². The monoisotopic (exact) mass is 387 g/mol. The number of alkyl halides is 3. The van der Waals surface area contributed by atoms with Gasteiger partial charge in [0, 0.05) is 24.8 Å². The second-order valence-electron chi connectivity index (χ2n) is 5.10. The van der Waals surface area contributed by atoms with Crippen molar-refractivity contribution in [3.05, 3.63) is 29.8 Å². The Balaban J connectivity index is 0.000000758. The van der Waals surface area contributed by atoms with Crippen molar-refractivity contribution in [2.75, 3.05) is 32.0 Å². The van der Waals surface area contributed by atoms with Gasteiger partial charge in [-0.05, 0) is 19.2 Å². The van der Waals surface area contributed by atoms with E-state index >= 15 is 0 Å². The number of nitrogens with one attached hydrogen (secondary N) is 1. The number of aliphatic carboxylic acids is 1. The van der Waals surface area contributed by atoms with Crippen LogP contribution < -0.4 is 11.1 Å². The van der Waals surface area contributed by atoms with Crippen molar-refractivity contribution < 1.29 is 41.8 Å². The maximum Gasteiger partial charge on any atom is 0.490 e. The molecular formula is C14H18F5N3O4. The molecule has 26 heavy (non-hydrogen) atoms. The fourth-order valence-electron chi connectivity index (χ4n) is 1.57. The van der Waals surface area contributed by atoms with E-state index in [0.717, 1.165) is 18.2 Å². The Bertz CT molecular complexity index is 592. The summed E-state index contributed by atoms with van der Waals surface area (Å²) in [5.41, 5.74) is 5.30. The number of hydrogen-bond acceptors (Lipinski definition) is 5. The molecule has 1 amide bonds. The predicted octanol–water partition coefficient (Wildman–Crippen LogP) is 0.788. The van der Waals surface area contributed by atoms with Gasteiger partial charge < -0.3 is 21.3 Å². The molecule has 1 aromatic rings. The maximum absolute atomic E-state index is 12.9. The van der Waals surface area contributed by atoms with Gasteiger partial charge in [0.1, 0.15) is 11.6 Å². The number of benzene rings is 1. The summed E-state index contributed by atoms with van der Waals surface area (Å²) in [5.74, 6) is -4.71. The highest BCUT2D eigenvalue weighted by Gasteiger charge is 2.38. The molecule has 0 aliphatic rings. The standard InChI is InChI=1S/C12H17F2N3O2.C2HF3O2/c1-17(6-11(18)5-15)7-12(19)16-10-3-8(13)2-9(14)4-10;3-2(4,5)1(6)7/h2-4,11,18H,5-7,15H2,1H3,(H,16,19);(H,6,7). The zero-order valence-electron chi connectivity index (χ0n) is 13.6. The highest BCUT2D eigenvalue weighted by molar-refractivity contribution is 5.92. The largest absolute Gasteiger partial charge is 0.490 e. The lowest BCUT2D eigenvalue weighted by molar-refractivity contribution is -0.192. The second-order valence-corrected chi connectivity index (χ2v) is 5.10. The van der Waals surface area contributed by atoms with Crippen molar-refractivity contribution in [2.24, 2.45) is 5.73 Å². The van der Waals surface area contributed by atoms with E-state index < -0.39 is 35.8 Å². The molecule has 148 valence electrons. The number of nitrogens with zero attached hydrogens (tertiary/aromatic N) is 1. The summed E-state index contributed by atoms with van der Waals surface area (Å²) in [5, 5.41) is 18.8. The molecule has 0 aromatic heterocycles. The van der Waals surface area contributed by atoms with Crippen LogP contribution in [0.15, 0.2) is 18.2 Å². The van der Waals surface area contributed by atoms with Gasteiger partial charge in [-0.2, -0.15) is 13.2 Å². The van der Waals surface area contributed by atoms with Gasteiger partial charge in [-0.25, -0.2) is 13.6 Å². The molecular weight excluding hydrogens is 369 g/mol. The third-order valence-corrected chi connectivity index (χ3v) is 2.60. The summed E-state index contributed by atoms with van der Waals surface area (Å²) in [6.07, 6.45) is -5.80. The minimum absolute atomic E-state index is 0.0187. The number of carbonyl (C=O) groups excluding carboxylic acids is 1. The zero-order valence-corrected chi connectivity index (χ0v) is 13.6. The Hall–Kier alpha value is -2.31. The molecule has 0 aliphatic carbocycles. The van der Waals surface area contributed by atoms with Crippen LogP contribution in [0.25, 0.3) is 0 Å². The van der Waals surface area contributed by atoms with Crippen molar-refractivity contribution in [3.63, 3.8) is 0 Å². The minimum atomic E-state index is -5.08. The van der Waals surface area contributed by atoms with E-state index in [1.165, 1.54) is 0 Å². The molecule has 0 heterocycles. The number of halogens is 5. The third-order valence-electron chi connectivity index (χ3n) is 2.60. The van der Waals surface area contributed by atoms with Gasteiger partial charge >= 0.3 is 12.1 Å². The summed E-state index contributed by atoms with van der Waals surface area (Å²) in [4.78, 5) is 22.1. The first-order chi connectivity index (χ1) is 11.8. The minimum Gasteiger partial charge on any atom is -0.475 e. The lowest BCUT2D eigenvalue weighted by Gasteiger charge is -2.19. The first-order valence-electron chi connectivity index (χ1n) is 6.97. The number of nitrogens with two attached hydrogens (primary N) is 1. The van der Waals surface area contributed by atoms with Crippen LogP contribution in [0.4, 0.5) is 27.6 Å².